The third kappa shape index (κ3) is 2.27. The summed E-state index contributed by atoms with van der Waals surface area (Å²) in [7, 11) is 1.66. The highest BCUT2D eigenvalue weighted by atomic mass is 16.5. The molecule has 16 heavy (non-hydrogen) atoms. The predicted molar refractivity (Wildman–Crippen MR) is 66.0 cm³/mol. The fraction of sp³-hybridized carbons (Fsp3) is 0.417. The molecular formula is C12H17N3O. The predicted octanol–water partition coefficient (Wildman–Crippen LogP) is 2.64. The zero-order chi connectivity index (χ0) is 11.5. The molecule has 0 spiro atoms. The lowest BCUT2D eigenvalue weighted by Gasteiger charge is -2.04. The van der Waals surface area contributed by atoms with Gasteiger partial charge >= 0.3 is 0 Å². The number of anilines is 1. The summed E-state index contributed by atoms with van der Waals surface area (Å²) in [4.78, 5) is 7.66. The Bertz CT molecular complexity index is 476. The van der Waals surface area contributed by atoms with E-state index in [0.717, 1.165) is 29.3 Å². The molecule has 0 saturated heterocycles. The number of rotatable bonds is 4. The number of nitrogens with one attached hydrogen (secondary N) is 2. The third-order valence-corrected chi connectivity index (χ3v) is 2.37. The van der Waals surface area contributed by atoms with E-state index in [1.807, 2.05) is 18.2 Å². The van der Waals surface area contributed by atoms with Crippen LogP contribution in [-0.2, 0) is 0 Å². The van der Waals surface area contributed by atoms with Crippen molar-refractivity contribution in [3.8, 4) is 5.75 Å². The normalized spacial score (nSPS) is 11.0. The molecule has 1 aromatic heterocycles. The number of hydrogen-bond acceptors (Lipinski definition) is 3. The van der Waals surface area contributed by atoms with Crippen molar-refractivity contribution < 1.29 is 4.74 Å². The molecule has 0 aliphatic carbocycles. The van der Waals surface area contributed by atoms with Crippen LogP contribution >= 0.6 is 0 Å². The second-order valence-electron chi connectivity index (χ2n) is 4.24. The Labute approximate surface area is 95.0 Å². The molecule has 0 radical (unpaired) electrons. The van der Waals surface area contributed by atoms with Crippen LogP contribution < -0.4 is 10.1 Å². The molecule has 0 unspecified atom stereocenters. The van der Waals surface area contributed by atoms with Gasteiger partial charge in [0.05, 0.1) is 18.1 Å². The molecule has 0 fully saturated rings. The van der Waals surface area contributed by atoms with E-state index < -0.39 is 0 Å². The van der Waals surface area contributed by atoms with Gasteiger partial charge < -0.3 is 15.0 Å². The van der Waals surface area contributed by atoms with Crippen molar-refractivity contribution in [1.82, 2.24) is 9.97 Å². The third-order valence-electron chi connectivity index (χ3n) is 2.37. The molecule has 0 bridgehead atoms. The minimum Gasteiger partial charge on any atom is -0.497 e. The molecule has 2 aromatic rings. The summed E-state index contributed by atoms with van der Waals surface area (Å²) in [6.45, 7) is 5.24. The largest absolute Gasteiger partial charge is 0.497 e. The van der Waals surface area contributed by atoms with E-state index in [0.29, 0.717) is 5.92 Å². The number of aromatic nitrogens is 2. The lowest BCUT2D eigenvalue weighted by Crippen LogP contribution is -2.08. The van der Waals surface area contributed by atoms with Gasteiger partial charge in [0.2, 0.25) is 5.95 Å². The summed E-state index contributed by atoms with van der Waals surface area (Å²) in [6, 6.07) is 5.81. The van der Waals surface area contributed by atoms with Crippen LogP contribution in [0, 0.1) is 5.92 Å². The van der Waals surface area contributed by atoms with E-state index >= 15 is 0 Å². The number of ether oxygens (including phenoxy) is 1. The van der Waals surface area contributed by atoms with E-state index in [4.69, 9.17) is 4.74 Å². The Hall–Kier alpha value is -1.71. The number of hydrogen-bond donors (Lipinski definition) is 2. The topological polar surface area (TPSA) is 49.9 Å². The van der Waals surface area contributed by atoms with Crippen molar-refractivity contribution in [1.29, 1.82) is 0 Å². The van der Waals surface area contributed by atoms with Gasteiger partial charge in [0.1, 0.15) is 5.75 Å². The van der Waals surface area contributed by atoms with Crippen LogP contribution in [-0.4, -0.2) is 23.6 Å². The number of aromatic amines is 1. The maximum atomic E-state index is 5.16. The van der Waals surface area contributed by atoms with Crippen LogP contribution in [0.1, 0.15) is 13.8 Å². The molecule has 1 heterocycles. The SMILES string of the molecule is COc1ccc2nc(NCC(C)C)[nH]c2c1. The second kappa shape index (κ2) is 4.43. The van der Waals surface area contributed by atoms with Gasteiger partial charge in [0.15, 0.2) is 0 Å². The van der Waals surface area contributed by atoms with Crippen molar-refractivity contribution in [3.63, 3.8) is 0 Å². The summed E-state index contributed by atoms with van der Waals surface area (Å²) >= 11 is 0. The van der Waals surface area contributed by atoms with E-state index in [9.17, 15) is 0 Å². The summed E-state index contributed by atoms with van der Waals surface area (Å²) in [5, 5.41) is 3.26. The van der Waals surface area contributed by atoms with Gasteiger partial charge in [0, 0.05) is 12.6 Å². The van der Waals surface area contributed by atoms with Gasteiger partial charge in [0.25, 0.3) is 0 Å². The fourth-order valence-corrected chi connectivity index (χ4v) is 1.50. The van der Waals surface area contributed by atoms with Crippen LogP contribution in [0.15, 0.2) is 18.2 Å². The van der Waals surface area contributed by atoms with E-state index in [-0.39, 0.29) is 0 Å². The molecule has 1 aromatic carbocycles. The van der Waals surface area contributed by atoms with Gasteiger partial charge in [-0.2, -0.15) is 0 Å². The maximum Gasteiger partial charge on any atom is 0.201 e. The van der Waals surface area contributed by atoms with Crippen molar-refractivity contribution in [2.45, 2.75) is 13.8 Å². The van der Waals surface area contributed by atoms with Gasteiger partial charge in [-0.3, -0.25) is 0 Å². The highest BCUT2D eigenvalue weighted by Crippen LogP contribution is 2.20. The fourth-order valence-electron chi connectivity index (χ4n) is 1.50. The Morgan fingerprint density at radius 3 is 2.94 bits per heavy atom. The van der Waals surface area contributed by atoms with Crippen molar-refractivity contribution in [2.75, 3.05) is 19.0 Å². The second-order valence-corrected chi connectivity index (χ2v) is 4.24. The van der Waals surface area contributed by atoms with Gasteiger partial charge in [-0.05, 0) is 18.1 Å². The van der Waals surface area contributed by atoms with Crippen molar-refractivity contribution in [2.24, 2.45) is 5.92 Å². The summed E-state index contributed by atoms with van der Waals surface area (Å²) in [6.07, 6.45) is 0. The van der Waals surface area contributed by atoms with E-state index in [2.05, 4.69) is 29.1 Å². The molecule has 2 rings (SSSR count). The summed E-state index contributed by atoms with van der Waals surface area (Å²) < 4.78 is 5.16. The lowest BCUT2D eigenvalue weighted by atomic mass is 10.2. The summed E-state index contributed by atoms with van der Waals surface area (Å²) in [5.41, 5.74) is 1.94. The van der Waals surface area contributed by atoms with Gasteiger partial charge in [-0.1, -0.05) is 13.8 Å². The molecule has 0 aliphatic heterocycles. The Balaban J connectivity index is 2.22. The molecular weight excluding hydrogens is 202 g/mol. The van der Waals surface area contributed by atoms with E-state index in [1.54, 1.807) is 7.11 Å². The lowest BCUT2D eigenvalue weighted by molar-refractivity contribution is 0.415. The molecule has 0 atom stereocenters. The highest BCUT2D eigenvalue weighted by molar-refractivity contribution is 5.79. The first-order valence-electron chi connectivity index (χ1n) is 5.46. The monoisotopic (exact) mass is 219 g/mol. The quantitative estimate of drug-likeness (QED) is 0.831. The van der Waals surface area contributed by atoms with Crippen LogP contribution in [0.25, 0.3) is 11.0 Å². The standard InChI is InChI=1S/C12H17N3O/c1-8(2)7-13-12-14-10-5-4-9(16-3)6-11(10)15-12/h4-6,8H,7H2,1-3H3,(H2,13,14,15). The number of fused-ring (bicyclic) bond motifs is 1. The molecule has 0 saturated carbocycles. The number of H-pyrrole nitrogens is 1. The molecule has 0 aliphatic rings. The first kappa shape index (κ1) is 10.8. The van der Waals surface area contributed by atoms with Crippen LogP contribution in [0.3, 0.4) is 0 Å². The molecule has 4 nitrogen and oxygen atoms in total. The number of benzene rings is 1. The molecule has 4 heteroatoms. The Morgan fingerprint density at radius 2 is 2.25 bits per heavy atom. The Morgan fingerprint density at radius 1 is 1.44 bits per heavy atom. The van der Waals surface area contributed by atoms with Crippen molar-refractivity contribution in [3.05, 3.63) is 18.2 Å². The van der Waals surface area contributed by atoms with Crippen LogP contribution in [0.2, 0.25) is 0 Å². The highest BCUT2D eigenvalue weighted by Gasteiger charge is 2.03. The summed E-state index contributed by atoms with van der Waals surface area (Å²) in [5.74, 6) is 2.26. The number of methoxy groups -OCH3 is 1. The molecule has 2 N–H and O–H groups in total. The van der Waals surface area contributed by atoms with Crippen LogP contribution in [0.4, 0.5) is 5.95 Å². The van der Waals surface area contributed by atoms with E-state index in [1.165, 1.54) is 0 Å². The maximum absolute atomic E-state index is 5.16. The van der Waals surface area contributed by atoms with Gasteiger partial charge in [-0.15, -0.1) is 0 Å². The minimum atomic E-state index is 0.600. The average molecular weight is 219 g/mol. The minimum absolute atomic E-state index is 0.600. The molecule has 0 amide bonds. The van der Waals surface area contributed by atoms with Crippen molar-refractivity contribution >= 4 is 17.0 Å². The van der Waals surface area contributed by atoms with Gasteiger partial charge in [-0.25, -0.2) is 4.98 Å². The molecule has 86 valence electrons. The smallest absolute Gasteiger partial charge is 0.201 e. The zero-order valence-corrected chi connectivity index (χ0v) is 9.87. The number of imidazole rings is 1. The first-order chi connectivity index (χ1) is 7.69. The first-order valence-corrected chi connectivity index (χ1v) is 5.46. The van der Waals surface area contributed by atoms with Crippen LogP contribution in [0.5, 0.6) is 5.75 Å². The number of nitrogens with zero attached hydrogens (tertiary/aromatic N) is 1. The average Bonchev–Trinajstić information content (AvgIpc) is 2.67. The Kier molecular flexibility index (Phi) is 2.99. The zero-order valence-electron chi connectivity index (χ0n) is 9.87.